The first kappa shape index (κ1) is 24.3. The maximum Gasteiger partial charge on any atom is 0.387 e. The molecule has 2 rings (SSSR count). The summed E-state index contributed by atoms with van der Waals surface area (Å²) in [5.41, 5.74) is 1.63. The molecule has 0 bridgehead atoms. The maximum absolute atomic E-state index is 12.7. The SMILES string of the molecule is CCNC(=NCc1cc(C)ccc1OC(F)F)NCC(C(C)C)N1CCN(C)CC1. The highest BCUT2D eigenvalue weighted by Gasteiger charge is 2.25. The monoisotopic (exact) mass is 425 g/mol. The zero-order valence-corrected chi connectivity index (χ0v) is 18.9. The van der Waals surface area contributed by atoms with Crippen molar-refractivity contribution in [2.45, 2.75) is 46.9 Å². The molecule has 0 aromatic heterocycles. The number of hydrogen-bond acceptors (Lipinski definition) is 4. The lowest BCUT2D eigenvalue weighted by Crippen LogP contribution is -2.55. The average Bonchev–Trinajstić information content (AvgIpc) is 2.68. The smallest absolute Gasteiger partial charge is 0.387 e. The van der Waals surface area contributed by atoms with Crippen LogP contribution in [-0.4, -0.2) is 74.7 Å². The van der Waals surface area contributed by atoms with Gasteiger partial charge in [0.2, 0.25) is 0 Å². The number of rotatable bonds is 9. The van der Waals surface area contributed by atoms with Gasteiger partial charge < -0.3 is 20.3 Å². The van der Waals surface area contributed by atoms with Crippen molar-refractivity contribution >= 4 is 5.96 Å². The minimum absolute atomic E-state index is 0.174. The Morgan fingerprint density at radius 2 is 1.87 bits per heavy atom. The van der Waals surface area contributed by atoms with Crippen molar-refractivity contribution in [2.75, 3.05) is 46.3 Å². The Kier molecular flexibility index (Phi) is 9.78. The van der Waals surface area contributed by atoms with Gasteiger partial charge in [-0.2, -0.15) is 8.78 Å². The lowest BCUT2D eigenvalue weighted by Gasteiger charge is -2.40. The van der Waals surface area contributed by atoms with Gasteiger partial charge in [0.1, 0.15) is 5.75 Å². The number of alkyl halides is 2. The van der Waals surface area contributed by atoms with Crippen LogP contribution >= 0.6 is 0 Å². The highest BCUT2D eigenvalue weighted by Crippen LogP contribution is 2.23. The van der Waals surface area contributed by atoms with Crippen molar-refractivity contribution in [2.24, 2.45) is 10.9 Å². The van der Waals surface area contributed by atoms with Crippen LogP contribution in [0.3, 0.4) is 0 Å². The molecule has 0 saturated carbocycles. The van der Waals surface area contributed by atoms with Gasteiger partial charge in [0.05, 0.1) is 6.54 Å². The van der Waals surface area contributed by atoms with Crippen LogP contribution in [0.25, 0.3) is 0 Å². The summed E-state index contributed by atoms with van der Waals surface area (Å²) in [5.74, 6) is 1.36. The first-order valence-electron chi connectivity index (χ1n) is 10.8. The van der Waals surface area contributed by atoms with E-state index >= 15 is 0 Å². The lowest BCUT2D eigenvalue weighted by atomic mass is 10.0. The second-order valence-electron chi connectivity index (χ2n) is 8.22. The molecule has 0 aliphatic carbocycles. The molecule has 170 valence electrons. The van der Waals surface area contributed by atoms with Crippen LogP contribution in [0.5, 0.6) is 5.75 Å². The van der Waals surface area contributed by atoms with E-state index in [4.69, 9.17) is 0 Å². The molecule has 1 aromatic rings. The van der Waals surface area contributed by atoms with E-state index in [2.05, 4.69) is 51.1 Å². The Hall–Kier alpha value is -1.93. The number of halogens is 2. The van der Waals surface area contributed by atoms with Crippen LogP contribution in [0.2, 0.25) is 0 Å². The number of nitrogens with one attached hydrogen (secondary N) is 2. The normalized spacial score (nSPS) is 17.4. The molecule has 6 nitrogen and oxygen atoms in total. The molecule has 1 aliphatic heterocycles. The molecule has 2 N–H and O–H groups in total. The number of hydrogen-bond donors (Lipinski definition) is 2. The van der Waals surface area contributed by atoms with Crippen LogP contribution in [0, 0.1) is 12.8 Å². The van der Waals surface area contributed by atoms with Crippen molar-refractivity contribution in [1.82, 2.24) is 20.4 Å². The Morgan fingerprint density at radius 1 is 1.17 bits per heavy atom. The fourth-order valence-electron chi connectivity index (χ4n) is 3.69. The highest BCUT2D eigenvalue weighted by atomic mass is 19.3. The van der Waals surface area contributed by atoms with Crippen molar-refractivity contribution in [3.63, 3.8) is 0 Å². The molecule has 1 aliphatic rings. The summed E-state index contributed by atoms with van der Waals surface area (Å²) in [6.07, 6.45) is 0. The van der Waals surface area contributed by atoms with E-state index in [9.17, 15) is 8.78 Å². The summed E-state index contributed by atoms with van der Waals surface area (Å²) < 4.78 is 30.1. The molecule has 0 amide bonds. The third-order valence-corrected chi connectivity index (χ3v) is 5.44. The molecule has 1 heterocycles. The van der Waals surface area contributed by atoms with E-state index in [0.717, 1.165) is 44.8 Å². The first-order valence-corrected chi connectivity index (χ1v) is 10.8. The second-order valence-corrected chi connectivity index (χ2v) is 8.22. The van der Waals surface area contributed by atoms with Crippen LogP contribution in [0.15, 0.2) is 23.2 Å². The van der Waals surface area contributed by atoms with E-state index in [0.29, 0.717) is 23.5 Å². The molecule has 1 saturated heterocycles. The van der Waals surface area contributed by atoms with Crippen LogP contribution in [-0.2, 0) is 6.54 Å². The van der Waals surface area contributed by atoms with Crippen molar-refractivity contribution in [1.29, 1.82) is 0 Å². The lowest BCUT2D eigenvalue weighted by molar-refractivity contribution is -0.0504. The van der Waals surface area contributed by atoms with Gasteiger partial charge >= 0.3 is 6.61 Å². The van der Waals surface area contributed by atoms with E-state index in [1.807, 2.05) is 19.9 Å². The zero-order valence-electron chi connectivity index (χ0n) is 18.9. The summed E-state index contributed by atoms with van der Waals surface area (Å²) in [4.78, 5) is 9.52. The summed E-state index contributed by atoms with van der Waals surface area (Å²) in [5, 5.41) is 6.71. The van der Waals surface area contributed by atoms with E-state index in [1.165, 1.54) is 0 Å². The zero-order chi connectivity index (χ0) is 22.1. The van der Waals surface area contributed by atoms with E-state index in [1.54, 1.807) is 12.1 Å². The van der Waals surface area contributed by atoms with Gasteiger partial charge in [-0.3, -0.25) is 4.90 Å². The third-order valence-electron chi connectivity index (χ3n) is 5.44. The Morgan fingerprint density at radius 3 is 2.47 bits per heavy atom. The number of nitrogens with zero attached hydrogens (tertiary/aromatic N) is 3. The van der Waals surface area contributed by atoms with Gasteiger partial charge in [0.25, 0.3) is 0 Å². The number of likely N-dealkylation sites (N-methyl/N-ethyl adjacent to an activating group) is 1. The molecule has 1 fully saturated rings. The topological polar surface area (TPSA) is 52.1 Å². The summed E-state index contributed by atoms with van der Waals surface area (Å²) in [6.45, 7) is 11.6. The molecule has 8 heteroatoms. The van der Waals surface area contributed by atoms with Crippen LogP contribution in [0.4, 0.5) is 8.78 Å². The first-order chi connectivity index (χ1) is 14.3. The van der Waals surface area contributed by atoms with Gasteiger partial charge in [0, 0.05) is 50.9 Å². The quantitative estimate of drug-likeness (QED) is 0.471. The molecule has 0 spiro atoms. The summed E-state index contributed by atoms with van der Waals surface area (Å²) in [6, 6.07) is 5.58. The molecular formula is C22H37F2N5O. The molecule has 30 heavy (non-hydrogen) atoms. The maximum atomic E-state index is 12.7. The molecule has 1 unspecified atom stereocenters. The van der Waals surface area contributed by atoms with Crippen molar-refractivity contribution in [3.8, 4) is 5.75 Å². The summed E-state index contributed by atoms with van der Waals surface area (Å²) in [7, 11) is 2.16. The average molecular weight is 426 g/mol. The largest absolute Gasteiger partial charge is 0.434 e. The Labute approximate surface area is 179 Å². The minimum Gasteiger partial charge on any atom is -0.434 e. The van der Waals surface area contributed by atoms with E-state index < -0.39 is 6.61 Å². The van der Waals surface area contributed by atoms with Gasteiger partial charge in [-0.15, -0.1) is 0 Å². The second kappa shape index (κ2) is 12.1. The van der Waals surface area contributed by atoms with Gasteiger partial charge in [-0.25, -0.2) is 4.99 Å². The third kappa shape index (κ3) is 7.72. The number of piperazine rings is 1. The fourth-order valence-corrected chi connectivity index (χ4v) is 3.69. The molecule has 0 radical (unpaired) electrons. The summed E-state index contributed by atoms with van der Waals surface area (Å²) >= 11 is 0. The molecular weight excluding hydrogens is 388 g/mol. The number of aliphatic imine (C=N–C) groups is 1. The van der Waals surface area contributed by atoms with Gasteiger partial charge in [-0.1, -0.05) is 31.5 Å². The predicted octanol–water partition coefficient (Wildman–Crippen LogP) is 2.92. The highest BCUT2D eigenvalue weighted by molar-refractivity contribution is 5.79. The molecule has 1 aromatic carbocycles. The predicted molar refractivity (Wildman–Crippen MR) is 118 cm³/mol. The fraction of sp³-hybridized carbons (Fsp3) is 0.682. The van der Waals surface area contributed by atoms with Crippen LogP contribution < -0.4 is 15.4 Å². The standard InChI is InChI=1S/C22H37F2N5O/c1-6-25-22(26-14-18-13-17(4)7-8-20(18)30-21(23)24)27-15-19(16(2)3)29-11-9-28(5)10-12-29/h7-8,13,16,19,21H,6,9-12,14-15H2,1-5H3,(H2,25,26,27). The number of guanidine groups is 1. The van der Waals surface area contributed by atoms with Crippen LogP contribution in [0.1, 0.15) is 31.9 Å². The number of aryl methyl sites for hydroxylation is 1. The minimum atomic E-state index is -2.85. The van der Waals surface area contributed by atoms with Gasteiger partial charge in [-0.05, 0) is 32.9 Å². The van der Waals surface area contributed by atoms with Gasteiger partial charge in [0.15, 0.2) is 5.96 Å². The number of benzene rings is 1. The van der Waals surface area contributed by atoms with Crippen molar-refractivity contribution < 1.29 is 13.5 Å². The number of ether oxygens (including phenoxy) is 1. The Bertz CT molecular complexity index is 675. The van der Waals surface area contributed by atoms with Crippen molar-refractivity contribution in [3.05, 3.63) is 29.3 Å². The Balaban J connectivity index is 2.06. The van der Waals surface area contributed by atoms with E-state index in [-0.39, 0.29) is 12.3 Å². The molecule has 1 atom stereocenters.